The largest absolute Gasteiger partial charge is 0.294 e. The van der Waals surface area contributed by atoms with Crippen LogP contribution in [-0.2, 0) is 5.41 Å². The van der Waals surface area contributed by atoms with Crippen LogP contribution in [0.15, 0.2) is 48.6 Å². The van der Waals surface area contributed by atoms with Gasteiger partial charge in [-0.05, 0) is 5.56 Å². The first-order valence-electron chi connectivity index (χ1n) is 5.35. The fourth-order valence-corrected chi connectivity index (χ4v) is 3.38. The predicted molar refractivity (Wildman–Crippen MR) is 57.7 cm³/mol. The highest BCUT2D eigenvalue weighted by atomic mass is 16.1. The Hall–Kier alpha value is -1.63. The number of allylic oxidation sites excluding steroid dienone is 4. The summed E-state index contributed by atoms with van der Waals surface area (Å²) in [6.45, 7) is 0. The Morgan fingerprint density at radius 2 is 2.00 bits per heavy atom. The maximum Gasteiger partial charge on any atom is 0.168 e. The predicted octanol–water partition coefficient (Wildman–Crippen LogP) is 2.49. The molecule has 0 heterocycles. The molecule has 3 aliphatic carbocycles. The first-order valence-corrected chi connectivity index (χ1v) is 5.35. The van der Waals surface area contributed by atoms with Crippen LogP contribution in [0, 0.1) is 11.8 Å². The molecule has 0 bridgehead atoms. The Kier molecular flexibility index (Phi) is 1.09. The molecule has 1 nitrogen and oxygen atoms in total. The number of benzene rings is 1. The fraction of sp³-hybridized carbons (Fsp3) is 0.214. The average molecular weight is 194 g/mol. The van der Waals surface area contributed by atoms with E-state index >= 15 is 0 Å². The standard InChI is InChI=1S/C14H10O/c15-13-9-5-1-2-6-10(9)14-8-4-3-7-11(14)12(13)14/h1-8,11-12H. The van der Waals surface area contributed by atoms with Crippen LogP contribution in [0.25, 0.3) is 0 Å². The topological polar surface area (TPSA) is 17.1 Å². The minimum atomic E-state index is 0.0441. The van der Waals surface area contributed by atoms with Gasteiger partial charge >= 0.3 is 0 Å². The fourth-order valence-electron chi connectivity index (χ4n) is 3.38. The summed E-state index contributed by atoms with van der Waals surface area (Å²) in [6.07, 6.45) is 8.53. The van der Waals surface area contributed by atoms with Gasteiger partial charge in [-0.1, -0.05) is 48.6 Å². The number of rotatable bonds is 0. The van der Waals surface area contributed by atoms with Gasteiger partial charge in [-0.25, -0.2) is 0 Å². The molecule has 0 amide bonds. The van der Waals surface area contributed by atoms with Crippen molar-refractivity contribution >= 4 is 5.78 Å². The van der Waals surface area contributed by atoms with Gasteiger partial charge in [0.05, 0.1) is 0 Å². The lowest BCUT2D eigenvalue weighted by Gasteiger charge is -2.13. The van der Waals surface area contributed by atoms with E-state index in [9.17, 15) is 4.79 Å². The molecule has 4 rings (SSSR count). The van der Waals surface area contributed by atoms with Gasteiger partial charge in [-0.3, -0.25) is 4.79 Å². The summed E-state index contributed by atoms with van der Waals surface area (Å²) >= 11 is 0. The summed E-state index contributed by atoms with van der Waals surface area (Å²) in [5, 5.41) is 0. The summed E-state index contributed by atoms with van der Waals surface area (Å²) in [6, 6.07) is 8.05. The van der Waals surface area contributed by atoms with Crippen molar-refractivity contribution in [2.75, 3.05) is 0 Å². The van der Waals surface area contributed by atoms with Gasteiger partial charge in [-0.2, -0.15) is 0 Å². The number of fused-ring (bicyclic) bond motifs is 2. The lowest BCUT2D eigenvalue weighted by Crippen LogP contribution is -2.07. The molecule has 1 saturated carbocycles. The molecule has 1 heteroatoms. The van der Waals surface area contributed by atoms with Gasteiger partial charge in [0.15, 0.2) is 5.78 Å². The van der Waals surface area contributed by atoms with Crippen molar-refractivity contribution in [3.63, 3.8) is 0 Å². The Morgan fingerprint density at radius 1 is 1.13 bits per heavy atom. The van der Waals surface area contributed by atoms with Gasteiger partial charge in [0.2, 0.25) is 0 Å². The Balaban J connectivity index is 2.03. The van der Waals surface area contributed by atoms with Crippen molar-refractivity contribution in [2.24, 2.45) is 11.8 Å². The van der Waals surface area contributed by atoms with Crippen LogP contribution in [-0.4, -0.2) is 5.78 Å². The van der Waals surface area contributed by atoms with Gasteiger partial charge in [0, 0.05) is 22.8 Å². The Bertz CT molecular complexity index is 538. The highest BCUT2D eigenvalue weighted by Gasteiger charge is 2.71. The molecule has 0 N–H and O–H groups in total. The number of hydrogen-bond acceptors (Lipinski definition) is 1. The van der Waals surface area contributed by atoms with Gasteiger partial charge < -0.3 is 0 Å². The van der Waals surface area contributed by atoms with Crippen LogP contribution in [0.5, 0.6) is 0 Å². The second kappa shape index (κ2) is 2.13. The second-order valence-corrected chi connectivity index (χ2v) is 4.59. The van der Waals surface area contributed by atoms with E-state index in [1.165, 1.54) is 5.56 Å². The molecule has 0 aliphatic heterocycles. The number of carbonyl (C=O) groups excluding carboxylic acids is 1. The number of carbonyl (C=O) groups is 1. The molecule has 3 unspecified atom stereocenters. The van der Waals surface area contributed by atoms with Gasteiger partial charge in [0.25, 0.3) is 0 Å². The zero-order valence-corrected chi connectivity index (χ0v) is 8.18. The summed E-state index contributed by atoms with van der Waals surface area (Å²) in [5.74, 6) is 0.974. The van der Waals surface area contributed by atoms with Crippen molar-refractivity contribution in [1.82, 2.24) is 0 Å². The van der Waals surface area contributed by atoms with Crippen molar-refractivity contribution in [3.8, 4) is 0 Å². The number of Topliss-reactive ketones (excluding diaryl/α,β-unsaturated/α-hetero) is 1. The lowest BCUT2D eigenvalue weighted by molar-refractivity contribution is 0.0968. The molecule has 3 atom stereocenters. The van der Waals surface area contributed by atoms with Crippen LogP contribution in [0.4, 0.5) is 0 Å². The van der Waals surface area contributed by atoms with E-state index in [2.05, 4.69) is 30.4 Å². The zero-order chi connectivity index (χ0) is 10.0. The quantitative estimate of drug-likeness (QED) is 0.620. The molecule has 0 saturated heterocycles. The van der Waals surface area contributed by atoms with Crippen LogP contribution in [0.1, 0.15) is 15.9 Å². The highest BCUT2D eigenvalue weighted by Crippen LogP contribution is 2.68. The van der Waals surface area contributed by atoms with E-state index in [0.717, 1.165) is 5.56 Å². The third-order valence-electron chi connectivity index (χ3n) is 4.06. The Morgan fingerprint density at radius 3 is 2.93 bits per heavy atom. The molecular formula is C14H10O. The van der Waals surface area contributed by atoms with Crippen LogP contribution in [0.3, 0.4) is 0 Å². The van der Waals surface area contributed by atoms with Crippen LogP contribution < -0.4 is 0 Å². The highest BCUT2D eigenvalue weighted by molar-refractivity contribution is 6.08. The van der Waals surface area contributed by atoms with E-state index in [1.807, 2.05) is 18.2 Å². The first-order chi connectivity index (χ1) is 7.36. The van der Waals surface area contributed by atoms with Crippen molar-refractivity contribution in [1.29, 1.82) is 0 Å². The van der Waals surface area contributed by atoms with E-state index in [4.69, 9.17) is 0 Å². The SMILES string of the molecule is O=C1c2ccccc2C23C=CC=CC2C13. The number of hydrogen-bond donors (Lipinski definition) is 0. The van der Waals surface area contributed by atoms with E-state index in [1.54, 1.807) is 0 Å². The summed E-state index contributed by atoms with van der Waals surface area (Å²) < 4.78 is 0. The summed E-state index contributed by atoms with van der Waals surface area (Å²) in [4.78, 5) is 12.1. The average Bonchev–Trinajstić information content (AvgIpc) is 2.92. The monoisotopic (exact) mass is 194 g/mol. The third kappa shape index (κ3) is 0.646. The van der Waals surface area contributed by atoms with Gasteiger partial charge in [-0.15, -0.1) is 0 Å². The molecule has 1 aromatic carbocycles. The smallest absolute Gasteiger partial charge is 0.168 e. The summed E-state index contributed by atoms with van der Waals surface area (Å²) in [5.41, 5.74) is 2.23. The molecule has 1 aromatic rings. The Labute approximate surface area is 88.1 Å². The van der Waals surface area contributed by atoms with E-state index in [0.29, 0.717) is 11.7 Å². The van der Waals surface area contributed by atoms with Crippen molar-refractivity contribution < 1.29 is 4.79 Å². The third-order valence-corrected chi connectivity index (χ3v) is 4.06. The van der Waals surface area contributed by atoms with Crippen molar-refractivity contribution in [2.45, 2.75) is 5.41 Å². The molecule has 0 aromatic heterocycles. The second-order valence-electron chi connectivity index (χ2n) is 4.59. The van der Waals surface area contributed by atoms with E-state index in [-0.39, 0.29) is 11.3 Å². The molecular weight excluding hydrogens is 184 g/mol. The molecule has 1 fully saturated rings. The summed E-state index contributed by atoms with van der Waals surface area (Å²) in [7, 11) is 0. The van der Waals surface area contributed by atoms with Gasteiger partial charge in [0.1, 0.15) is 0 Å². The zero-order valence-electron chi connectivity index (χ0n) is 8.18. The first kappa shape index (κ1) is 7.63. The minimum Gasteiger partial charge on any atom is -0.294 e. The molecule has 1 spiro atoms. The minimum absolute atomic E-state index is 0.0441. The number of ketones is 1. The molecule has 72 valence electrons. The van der Waals surface area contributed by atoms with Crippen LogP contribution in [0.2, 0.25) is 0 Å². The molecule has 15 heavy (non-hydrogen) atoms. The maximum absolute atomic E-state index is 12.1. The molecule has 3 aliphatic rings. The maximum atomic E-state index is 12.1. The lowest BCUT2D eigenvalue weighted by atomic mass is 9.89. The molecule has 0 radical (unpaired) electrons. The van der Waals surface area contributed by atoms with E-state index < -0.39 is 0 Å². The van der Waals surface area contributed by atoms with Crippen molar-refractivity contribution in [3.05, 3.63) is 59.7 Å². The normalized spacial score (nSPS) is 38.5. The van der Waals surface area contributed by atoms with Crippen LogP contribution >= 0.6 is 0 Å².